The highest BCUT2D eigenvalue weighted by atomic mass is 16.5. The molecule has 1 heterocycles. The van der Waals surface area contributed by atoms with E-state index in [9.17, 15) is 0 Å². The highest BCUT2D eigenvalue weighted by Gasteiger charge is 2.07. The number of benzene rings is 1. The average Bonchev–Trinajstić information content (AvgIpc) is 2.62. The molecular formula is C14H16N2O. The van der Waals surface area contributed by atoms with Gasteiger partial charge in [0.2, 0.25) is 0 Å². The number of nitrogens with zero attached hydrogens (tertiary/aromatic N) is 2. The van der Waals surface area contributed by atoms with Gasteiger partial charge in [0.05, 0.1) is 18.2 Å². The molecule has 1 aromatic heterocycles. The average molecular weight is 228 g/mol. The number of unbranched alkanes of at least 4 members (excludes halogenated alkanes) is 1. The molecule has 0 saturated heterocycles. The minimum absolute atomic E-state index is 0.544. The minimum atomic E-state index is 0.544. The van der Waals surface area contributed by atoms with Crippen LogP contribution in [0, 0.1) is 18.3 Å². The van der Waals surface area contributed by atoms with Gasteiger partial charge in [-0.1, -0.05) is 12.1 Å². The van der Waals surface area contributed by atoms with Gasteiger partial charge < -0.3 is 9.30 Å². The van der Waals surface area contributed by atoms with Crippen LogP contribution in [0.25, 0.3) is 10.9 Å². The lowest BCUT2D eigenvalue weighted by Crippen LogP contribution is -1.99. The highest BCUT2D eigenvalue weighted by molar-refractivity contribution is 5.86. The van der Waals surface area contributed by atoms with Crippen LogP contribution in [0.5, 0.6) is 5.75 Å². The van der Waals surface area contributed by atoms with Crippen LogP contribution in [0.15, 0.2) is 24.3 Å². The first-order valence-electron chi connectivity index (χ1n) is 5.79. The van der Waals surface area contributed by atoms with E-state index < -0.39 is 0 Å². The van der Waals surface area contributed by atoms with Crippen LogP contribution in [0.3, 0.4) is 0 Å². The number of ether oxygens (including phenoxy) is 1. The molecule has 0 bridgehead atoms. The fourth-order valence-corrected chi connectivity index (χ4v) is 1.96. The number of fused-ring (bicyclic) bond motifs is 1. The SMILES string of the molecule is Cc1cc2cccc(OCCCC#N)c2n1C. The Morgan fingerprint density at radius 2 is 2.24 bits per heavy atom. The molecule has 88 valence electrons. The van der Waals surface area contributed by atoms with E-state index in [1.54, 1.807) is 0 Å². The van der Waals surface area contributed by atoms with Gasteiger partial charge in [0, 0.05) is 24.5 Å². The maximum absolute atomic E-state index is 8.47. The molecule has 3 heteroatoms. The summed E-state index contributed by atoms with van der Waals surface area (Å²) in [6, 6.07) is 10.3. The van der Waals surface area contributed by atoms with Crippen molar-refractivity contribution < 1.29 is 4.74 Å². The summed E-state index contributed by atoms with van der Waals surface area (Å²) in [6.45, 7) is 2.68. The second-order valence-electron chi connectivity index (χ2n) is 4.15. The number of aryl methyl sites for hydroxylation is 2. The molecule has 0 atom stereocenters. The van der Waals surface area contributed by atoms with E-state index in [4.69, 9.17) is 10.00 Å². The fraction of sp³-hybridized carbons (Fsp3) is 0.357. The summed E-state index contributed by atoms with van der Waals surface area (Å²) in [6.07, 6.45) is 1.32. The van der Waals surface area contributed by atoms with Gasteiger partial charge in [0.1, 0.15) is 5.75 Å². The summed E-state index contributed by atoms with van der Waals surface area (Å²) in [5, 5.41) is 9.67. The molecular weight excluding hydrogens is 212 g/mol. The van der Waals surface area contributed by atoms with Crippen molar-refractivity contribution in [2.45, 2.75) is 19.8 Å². The van der Waals surface area contributed by atoms with Crippen molar-refractivity contribution in [3.05, 3.63) is 30.0 Å². The normalized spacial score (nSPS) is 10.4. The molecule has 0 saturated carbocycles. The second-order valence-corrected chi connectivity index (χ2v) is 4.15. The lowest BCUT2D eigenvalue weighted by atomic mass is 10.2. The zero-order valence-electron chi connectivity index (χ0n) is 10.2. The van der Waals surface area contributed by atoms with Crippen molar-refractivity contribution in [3.63, 3.8) is 0 Å². The largest absolute Gasteiger partial charge is 0.491 e. The molecule has 0 aliphatic heterocycles. The zero-order valence-corrected chi connectivity index (χ0v) is 10.2. The maximum atomic E-state index is 8.47. The predicted octanol–water partition coefficient (Wildman–Crippen LogP) is 3.17. The molecule has 0 unspecified atom stereocenters. The number of nitriles is 1. The van der Waals surface area contributed by atoms with Crippen LogP contribution in [-0.4, -0.2) is 11.2 Å². The fourth-order valence-electron chi connectivity index (χ4n) is 1.96. The summed E-state index contributed by atoms with van der Waals surface area (Å²) in [7, 11) is 2.04. The van der Waals surface area contributed by atoms with E-state index in [1.807, 2.05) is 19.2 Å². The molecule has 0 radical (unpaired) electrons. The maximum Gasteiger partial charge on any atom is 0.143 e. The Labute approximate surface area is 101 Å². The topological polar surface area (TPSA) is 37.9 Å². The third kappa shape index (κ3) is 2.26. The Hall–Kier alpha value is -1.95. The first-order chi connectivity index (χ1) is 8.24. The van der Waals surface area contributed by atoms with E-state index in [0.717, 1.165) is 17.7 Å². The number of aromatic nitrogens is 1. The number of para-hydroxylation sites is 1. The van der Waals surface area contributed by atoms with E-state index in [1.165, 1.54) is 11.1 Å². The minimum Gasteiger partial charge on any atom is -0.491 e. The monoisotopic (exact) mass is 228 g/mol. The van der Waals surface area contributed by atoms with Crippen molar-refractivity contribution in [1.82, 2.24) is 4.57 Å². The third-order valence-electron chi connectivity index (χ3n) is 2.95. The van der Waals surface area contributed by atoms with Crippen LogP contribution in [-0.2, 0) is 7.05 Å². The van der Waals surface area contributed by atoms with Gasteiger partial charge in [-0.3, -0.25) is 0 Å². The number of hydrogen-bond donors (Lipinski definition) is 0. The van der Waals surface area contributed by atoms with E-state index in [2.05, 4.69) is 29.7 Å². The van der Waals surface area contributed by atoms with Crippen molar-refractivity contribution in [2.75, 3.05) is 6.61 Å². The summed E-state index contributed by atoms with van der Waals surface area (Å²) in [4.78, 5) is 0. The second kappa shape index (κ2) is 4.92. The molecule has 0 aliphatic rings. The lowest BCUT2D eigenvalue weighted by Gasteiger charge is -2.08. The Balaban J connectivity index is 2.25. The predicted molar refractivity (Wildman–Crippen MR) is 68.0 cm³/mol. The van der Waals surface area contributed by atoms with E-state index in [-0.39, 0.29) is 0 Å². The summed E-state index contributed by atoms with van der Waals surface area (Å²) in [5.41, 5.74) is 2.34. The van der Waals surface area contributed by atoms with Gasteiger partial charge in [-0.15, -0.1) is 0 Å². The zero-order chi connectivity index (χ0) is 12.3. The van der Waals surface area contributed by atoms with Gasteiger partial charge in [0.15, 0.2) is 0 Å². The van der Waals surface area contributed by atoms with Gasteiger partial charge in [0.25, 0.3) is 0 Å². The van der Waals surface area contributed by atoms with Crippen LogP contribution < -0.4 is 4.74 Å². The molecule has 0 spiro atoms. The molecule has 0 amide bonds. The smallest absolute Gasteiger partial charge is 0.143 e. The van der Waals surface area contributed by atoms with Crippen LogP contribution in [0.1, 0.15) is 18.5 Å². The number of rotatable bonds is 4. The molecule has 0 N–H and O–H groups in total. The van der Waals surface area contributed by atoms with Gasteiger partial charge >= 0.3 is 0 Å². The van der Waals surface area contributed by atoms with E-state index in [0.29, 0.717) is 13.0 Å². The van der Waals surface area contributed by atoms with Gasteiger partial charge in [-0.25, -0.2) is 0 Å². The molecule has 0 fully saturated rings. The van der Waals surface area contributed by atoms with Crippen LogP contribution >= 0.6 is 0 Å². The third-order valence-corrected chi connectivity index (χ3v) is 2.95. The molecule has 0 aliphatic carbocycles. The van der Waals surface area contributed by atoms with E-state index >= 15 is 0 Å². The summed E-state index contributed by atoms with van der Waals surface area (Å²) < 4.78 is 7.88. The van der Waals surface area contributed by atoms with Crippen molar-refractivity contribution in [1.29, 1.82) is 5.26 Å². The molecule has 2 rings (SSSR count). The number of hydrogen-bond acceptors (Lipinski definition) is 2. The van der Waals surface area contributed by atoms with Crippen molar-refractivity contribution in [2.24, 2.45) is 7.05 Å². The first kappa shape index (κ1) is 11.5. The lowest BCUT2D eigenvalue weighted by molar-refractivity contribution is 0.315. The first-order valence-corrected chi connectivity index (χ1v) is 5.79. The Kier molecular flexibility index (Phi) is 3.34. The molecule has 1 aromatic carbocycles. The van der Waals surface area contributed by atoms with Gasteiger partial charge in [-0.2, -0.15) is 5.26 Å². The van der Waals surface area contributed by atoms with Crippen molar-refractivity contribution in [3.8, 4) is 11.8 Å². The van der Waals surface area contributed by atoms with Crippen molar-refractivity contribution >= 4 is 10.9 Å². The standard InChI is InChI=1S/C14H16N2O/c1-11-10-12-6-5-7-13(14(12)16(11)2)17-9-4-3-8-15/h5-7,10H,3-4,9H2,1-2H3. The van der Waals surface area contributed by atoms with Crippen LogP contribution in [0.2, 0.25) is 0 Å². The van der Waals surface area contributed by atoms with Crippen LogP contribution in [0.4, 0.5) is 0 Å². The Morgan fingerprint density at radius 3 is 3.00 bits per heavy atom. The Morgan fingerprint density at radius 1 is 1.41 bits per heavy atom. The Bertz CT molecular complexity index is 563. The molecule has 17 heavy (non-hydrogen) atoms. The summed E-state index contributed by atoms with van der Waals surface area (Å²) in [5.74, 6) is 0.899. The highest BCUT2D eigenvalue weighted by Crippen LogP contribution is 2.27. The van der Waals surface area contributed by atoms with Gasteiger partial charge in [-0.05, 0) is 25.5 Å². The molecule has 2 aromatic rings. The molecule has 3 nitrogen and oxygen atoms in total. The quantitative estimate of drug-likeness (QED) is 0.754. The summed E-state index contributed by atoms with van der Waals surface area (Å²) >= 11 is 0.